The molecule has 0 saturated heterocycles. The molecule has 0 atom stereocenters. The average Bonchev–Trinajstić information content (AvgIpc) is 1.90. The van der Waals surface area contributed by atoms with Crippen LogP contribution in [-0.2, 0) is 0 Å². The molecular weight excluding hydrogens is 100 g/mol. The average molecular weight is 107 g/mol. The maximum Gasteiger partial charge on any atom is 0.0820 e. The van der Waals surface area contributed by atoms with Gasteiger partial charge in [-0.1, -0.05) is 12.2 Å². The predicted octanol–water partition coefficient (Wildman–Crippen LogP) is 0.631. The van der Waals surface area contributed by atoms with E-state index in [9.17, 15) is 0 Å². The Kier molecular flexibility index (Phi) is 1.47. The molecule has 2 nitrogen and oxygen atoms in total. The van der Waals surface area contributed by atoms with Crippen molar-refractivity contribution in [3.05, 3.63) is 30.7 Å². The molecule has 0 spiro atoms. The van der Waals surface area contributed by atoms with Gasteiger partial charge in [0.05, 0.1) is 5.71 Å². The third kappa shape index (κ3) is 0.964. The summed E-state index contributed by atoms with van der Waals surface area (Å²) in [5.74, 6) is 4.97. The Morgan fingerprint density at radius 3 is 2.25 bits per heavy atom. The Morgan fingerprint density at radius 2 is 1.88 bits per heavy atom. The van der Waals surface area contributed by atoms with Gasteiger partial charge in [-0.05, 0) is 12.2 Å². The van der Waals surface area contributed by atoms with Gasteiger partial charge < -0.3 is 5.84 Å². The summed E-state index contributed by atoms with van der Waals surface area (Å²) in [7, 11) is 0. The lowest BCUT2D eigenvalue weighted by molar-refractivity contribution is 1.25. The first-order valence-electron chi connectivity index (χ1n) is 2.39. The second-order valence-corrected chi connectivity index (χ2v) is 1.46. The van der Waals surface area contributed by atoms with Crippen molar-refractivity contribution in [1.82, 2.24) is 0 Å². The molecule has 0 amide bonds. The van der Waals surface area contributed by atoms with Crippen LogP contribution in [-0.4, -0.2) is 5.71 Å². The highest BCUT2D eigenvalue weighted by molar-refractivity contribution is 6.05. The minimum atomic E-state index is 0.813. The standard InChI is InChI=1S/C6H7N2/c7-8-6-4-2-1-3-5-6/h1-5H,7H2. The van der Waals surface area contributed by atoms with Crippen LogP contribution in [0.15, 0.2) is 29.4 Å². The first-order chi connectivity index (χ1) is 3.93. The van der Waals surface area contributed by atoms with Crippen molar-refractivity contribution >= 4 is 5.71 Å². The lowest BCUT2D eigenvalue weighted by Crippen LogP contribution is -1.95. The van der Waals surface area contributed by atoms with E-state index in [0.29, 0.717) is 0 Å². The van der Waals surface area contributed by atoms with Gasteiger partial charge >= 0.3 is 0 Å². The third-order valence-corrected chi connectivity index (χ3v) is 0.905. The number of hydrogen-bond acceptors (Lipinski definition) is 2. The van der Waals surface area contributed by atoms with Crippen LogP contribution in [0.25, 0.3) is 0 Å². The van der Waals surface area contributed by atoms with E-state index >= 15 is 0 Å². The number of hydrazone groups is 1. The van der Waals surface area contributed by atoms with E-state index in [0.717, 1.165) is 5.71 Å². The van der Waals surface area contributed by atoms with Crippen molar-refractivity contribution in [2.75, 3.05) is 0 Å². The second-order valence-electron chi connectivity index (χ2n) is 1.46. The van der Waals surface area contributed by atoms with Crippen LogP contribution in [0.1, 0.15) is 0 Å². The second kappa shape index (κ2) is 2.31. The molecule has 0 aromatic carbocycles. The molecule has 0 fully saturated rings. The Bertz CT molecular complexity index is 140. The molecule has 0 aromatic heterocycles. The van der Waals surface area contributed by atoms with Gasteiger partial charge in [0, 0.05) is 6.42 Å². The van der Waals surface area contributed by atoms with Gasteiger partial charge in [-0.2, -0.15) is 5.10 Å². The largest absolute Gasteiger partial charge is 0.323 e. The van der Waals surface area contributed by atoms with Crippen LogP contribution in [0.2, 0.25) is 0 Å². The summed E-state index contributed by atoms with van der Waals surface area (Å²) in [4.78, 5) is 0. The van der Waals surface area contributed by atoms with Crippen LogP contribution in [0, 0.1) is 6.42 Å². The fourth-order valence-corrected chi connectivity index (χ4v) is 0.514. The van der Waals surface area contributed by atoms with Crippen LogP contribution < -0.4 is 5.84 Å². The smallest absolute Gasteiger partial charge is 0.0820 e. The fraction of sp³-hybridized carbons (Fsp3) is 0. The highest BCUT2D eigenvalue weighted by Crippen LogP contribution is 1.94. The Labute approximate surface area is 48.4 Å². The predicted molar refractivity (Wildman–Crippen MR) is 34.2 cm³/mol. The highest BCUT2D eigenvalue weighted by Gasteiger charge is 1.88. The van der Waals surface area contributed by atoms with E-state index in [1.54, 1.807) is 0 Å². The summed E-state index contributed by atoms with van der Waals surface area (Å²) in [6.07, 6.45) is 9.41. The van der Waals surface area contributed by atoms with E-state index in [2.05, 4.69) is 5.10 Å². The zero-order chi connectivity index (χ0) is 5.82. The minimum absolute atomic E-state index is 0.813. The lowest BCUT2D eigenvalue weighted by Gasteiger charge is -1.93. The van der Waals surface area contributed by atoms with Gasteiger partial charge in [0.15, 0.2) is 0 Å². The van der Waals surface area contributed by atoms with Gasteiger partial charge in [0.25, 0.3) is 0 Å². The van der Waals surface area contributed by atoms with Crippen molar-refractivity contribution in [3.8, 4) is 0 Å². The molecule has 1 radical (unpaired) electrons. The topological polar surface area (TPSA) is 38.4 Å². The van der Waals surface area contributed by atoms with Gasteiger partial charge in [-0.15, -0.1) is 0 Å². The monoisotopic (exact) mass is 107 g/mol. The molecule has 41 valence electrons. The number of nitrogens with two attached hydrogens (primary N) is 1. The zero-order valence-corrected chi connectivity index (χ0v) is 4.41. The molecule has 0 unspecified atom stereocenters. The normalized spacial score (nSPS) is 16.8. The van der Waals surface area contributed by atoms with Crippen molar-refractivity contribution < 1.29 is 0 Å². The molecule has 2 N–H and O–H groups in total. The molecule has 0 heterocycles. The van der Waals surface area contributed by atoms with Crippen molar-refractivity contribution in [3.63, 3.8) is 0 Å². The summed E-state index contributed by atoms with van der Waals surface area (Å²) in [6.45, 7) is 0. The SMILES string of the molecule is NN=C1C=C[CH]C=C1. The van der Waals surface area contributed by atoms with E-state index in [4.69, 9.17) is 5.84 Å². The van der Waals surface area contributed by atoms with E-state index < -0.39 is 0 Å². The minimum Gasteiger partial charge on any atom is -0.323 e. The number of hydrogen-bond donors (Lipinski definition) is 1. The van der Waals surface area contributed by atoms with Crippen LogP contribution in [0.5, 0.6) is 0 Å². The number of allylic oxidation sites excluding steroid dienone is 4. The summed E-state index contributed by atoms with van der Waals surface area (Å²) < 4.78 is 0. The quantitative estimate of drug-likeness (QED) is 0.358. The first-order valence-corrected chi connectivity index (χ1v) is 2.39. The van der Waals surface area contributed by atoms with E-state index in [1.165, 1.54) is 0 Å². The van der Waals surface area contributed by atoms with Gasteiger partial charge in [0.1, 0.15) is 0 Å². The van der Waals surface area contributed by atoms with Gasteiger partial charge in [-0.3, -0.25) is 0 Å². The Hall–Kier alpha value is -1.05. The molecule has 1 aliphatic rings. The molecule has 0 saturated carbocycles. The Balaban J connectivity index is 2.69. The molecule has 2 heteroatoms. The number of rotatable bonds is 0. The lowest BCUT2D eigenvalue weighted by atomic mass is 10.2. The highest BCUT2D eigenvalue weighted by atomic mass is 15.1. The maximum atomic E-state index is 4.97. The summed E-state index contributed by atoms with van der Waals surface area (Å²) in [5, 5.41) is 3.47. The van der Waals surface area contributed by atoms with Crippen molar-refractivity contribution in [1.29, 1.82) is 0 Å². The fourth-order valence-electron chi connectivity index (χ4n) is 0.514. The number of nitrogens with zero attached hydrogens (tertiary/aromatic N) is 1. The van der Waals surface area contributed by atoms with Gasteiger partial charge in [0.2, 0.25) is 0 Å². The zero-order valence-electron chi connectivity index (χ0n) is 4.41. The van der Waals surface area contributed by atoms with Crippen LogP contribution in [0.4, 0.5) is 0 Å². The van der Waals surface area contributed by atoms with E-state index in [-0.39, 0.29) is 0 Å². The van der Waals surface area contributed by atoms with Crippen LogP contribution >= 0.6 is 0 Å². The molecule has 8 heavy (non-hydrogen) atoms. The molecule has 0 bridgehead atoms. The third-order valence-electron chi connectivity index (χ3n) is 0.905. The molecular formula is C6H7N2. The molecule has 0 aliphatic heterocycles. The maximum absolute atomic E-state index is 4.97. The Morgan fingerprint density at radius 1 is 1.25 bits per heavy atom. The van der Waals surface area contributed by atoms with Crippen molar-refractivity contribution in [2.45, 2.75) is 0 Å². The van der Waals surface area contributed by atoms with Crippen molar-refractivity contribution in [2.24, 2.45) is 10.9 Å². The summed E-state index contributed by atoms with van der Waals surface area (Å²) in [6, 6.07) is 0. The first kappa shape index (κ1) is 5.09. The summed E-state index contributed by atoms with van der Waals surface area (Å²) in [5.41, 5.74) is 0.813. The van der Waals surface area contributed by atoms with Gasteiger partial charge in [-0.25, -0.2) is 0 Å². The summed E-state index contributed by atoms with van der Waals surface area (Å²) >= 11 is 0. The molecule has 0 aromatic rings. The molecule has 1 rings (SSSR count). The van der Waals surface area contributed by atoms with E-state index in [1.807, 2.05) is 30.7 Å². The molecule has 1 aliphatic carbocycles. The van der Waals surface area contributed by atoms with Crippen LogP contribution in [0.3, 0.4) is 0 Å².